The molecular formula is C81H140O34. The number of ether oxygens (including phenoxy) is 32. The van der Waals surface area contributed by atoms with Gasteiger partial charge in [-0.25, -0.2) is 9.59 Å². The van der Waals surface area contributed by atoms with Crippen molar-refractivity contribution in [2.75, 3.05) is 396 Å². The van der Waals surface area contributed by atoms with E-state index in [1.807, 2.05) is 24.3 Å². The quantitative estimate of drug-likeness (QED) is 0.0492. The SMILES string of the molecule is C=CC(=O)OCCOCCOCCOCCOCCOCCOCCOCCOCCOCCOCCOCCOCCOCCOCCOc1ccc(C(C)(C)c2ccc(OCCOCCOCCOCCOCCOCCOCCOCCOCCOCCOCCOCCOCCOCCOCCOC(=O)C=C)cc2)cc1. The number of rotatable bonds is 96. The van der Waals surface area contributed by atoms with E-state index in [0.29, 0.717) is 383 Å². The van der Waals surface area contributed by atoms with E-state index < -0.39 is 11.9 Å². The van der Waals surface area contributed by atoms with Gasteiger partial charge in [-0.2, -0.15) is 0 Å². The van der Waals surface area contributed by atoms with Gasteiger partial charge in [0, 0.05) is 17.6 Å². The fourth-order valence-electron chi connectivity index (χ4n) is 8.98. The van der Waals surface area contributed by atoms with Crippen molar-refractivity contribution in [2.45, 2.75) is 19.3 Å². The van der Waals surface area contributed by atoms with E-state index in [2.05, 4.69) is 51.3 Å². The van der Waals surface area contributed by atoms with Crippen LogP contribution in [0.2, 0.25) is 0 Å². The molecule has 0 amide bonds. The highest BCUT2D eigenvalue weighted by atomic mass is 16.6. The highest BCUT2D eigenvalue weighted by Gasteiger charge is 2.23. The van der Waals surface area contributed by atoms with Crippen molar-refractivity contribution in [3.05, 3.63) is 85.0 Å². The van der Waals surface area contributed by atoms with Gasteiger partial charge in [0.05, 0.1) is 370 Å². The molecular weight excluding hydrogens is 1520 g/mol. The van der Waals surface area contributed by atoms with Gasteiger partial charge in [-0.3, -0.25) is 0 Å². The highest BCUT2D eigenvalue weighted by Crippen LogP contribution is 2.33. The average Bonchev–Trinajstić information content (AvgIpc) is 0.804. The van der Waals surface area contributed by atoms with Crippen LogP contribution in [0.15, 0.2) is 73.8 Å². The molecule has 115 heavy (non-hydrogen) atoms. The van der Waals surface area contributed by atoms with E-state index in [1.54, 1.807) is 0 Å². The zero-order valence-corrected chi connectivity index (χ0v) is 69.0. The largest absolute Gasteiger partial charge is 0.491 e. The molecule has 0 heterocycles. The molecule has 2 aromatic rings. The molecule has 34 nitrogen and oxygen atoms in total. The Morgan fingerprint density at radius 2 is 0.313 bits per heavy atom. The monoisotopic (exact) mass is 1660 g/mol. The molecule has 668 valence electrons. The summed E-state index contributed by atoms with van der Waals surface area (Å²) in [7, 11) is 0. The van der Waals surface area contributed by atoms with Gasteiger partial charge >= 0.3 is 11.9 Å². The van der Waals surface area contributed by atoms with Crippen LogP contribution in [0.25, 0.3) is 0 Å². The Hall–Kier alpha value is -4.66. The Morgan fingerprint density at radius 3 is 0.435 bits per heavy atom. The molecule has 2 aromatic carbocycles. The molecule has 0 bridgehead atoms. The molecule has 0 atom stereocenters. The fraction of sp³-hybridized carbons (Fsp3) is 0.778. The predicted octanol–water partition coefficient (Wildman–Crippen LogP) is 4.69. The summed E-state index contributed by atoms with van der Waals surface area (Å²) in [5, 5.41) is 0. The molecule has 0 aliphatic carbocycles. The number of esters is 2. The second kappa shape index (κ2) is 87.2. The number of hydrogen-bond donors (Lipinski definition) is 0. The number of carbonyl (C=O) groups excluding carboxylic acids is 2. The van der Waals surface area contributed by atoms with Gasteiger partial charge in [0.1, 0.15) is 37.9 Å². The molecule has 0 aromatic heterocycles. The van der Waals surface area contributed by atoms with Crippen molar-refractivity contribution in [3.63, 3.8) is 0 Å². The summed E-state index contributed by atoms with van der Waals surface area (Å²) in [6.45, 7) is 38.1. The molecule has 0 saturated heterocycles. The Kier molecular flexibility index (Phi) is 80.7. The summed E-state index contributed by atoms with van der Waals surface area (Å²) < 4.78 is 176. The first-order valence-electron chi connectivity index (χ1n) is 40.1. The fourth-order valence-corrected chi connectivity index (χ4v) is 8.98. The Balaban J connectivity index is 1.21. The normalized spacial score (nSPS) is 11.6. The predicted molar refractivity (Wildman–Crippen MR) is 421 cm³/mol. The maximum absolute atomic E-state index is 10.9. The van der Waals surface area contributed by atoms with E-state index in [-0.39, 0.29) is 18.6 Å². The first-order valence-corrected chi connectivity index (χ1v) is 40.1. The second-order valence-electron chi connectivity index (χ2n) is 24.3. The first-order chi connectivity index (χ1) is 56.9. The number of hydrogen-bond acceptors (Lipinski definition) is 34. The van der Waals surface area contributed by atoms with E-state index in [4.69, 9.17) is 152 Å². The lowest BCUT2D eigenvalue weighted by Gasteiger charge is -2.26. The lowest BCUT2D eigenvalue weighted by atomic mass is 9.78. The topological polar surface area (TPSA) is 330 Å². The summed E-state index contributed by atoms with van der Waals surface area (Å²) in [5.41, 5.74) is 2.09. The Morgan fingerprint density at radius 1 is 0.200 bits per heavy atom. The molecule has 0 N–H and O–H groups in total. The highest BCUT2D eigenvalue weighted by molar-refractivity contribution is 5.81. The van der Waals surface area contributed by atoms with E-state index >= 15 is 0 Å². The number of benzene rings is 2. The lowest BCUT2D eigenvalue weighted by Crippen LogP contribution is -2.19. The van der Waals surface area contributed by atoms with Gasteiger partial charge in [0.25, 0.3) is 0 Å². The van der Waals surface area contributed by atoms with Crippen LogP contribution in [0, 0.1) is 0 Å². The summed E-state index contributed by atoms with van der Waals surface area (Å²) in [4.78, 5) is 21.8. The summed E-state index contributed by atoms with van der Waals surface area (Å²) >= 11 is 0. The lowest BCUT2D eigenvalue weighted by molar-refractivity contribution is -0.140. The maximum atomic E-state index is 10.9. The van der Waals surface area contributed by atoms with Crippen molar-refractivity contribution in [1.29, 1.82) is 0 Å². The van der Waals surface area contributed by atoms with Gasteiger partial charge in [0.15, 0.2) is 0 Å². The minimum absolute atomic E-state index is 0.186. The van der Waals surface area contributed by atoms with Gasteiger partial charge in [-0.05, 0) is 35.4 Å². The van der Waals surface area contributed by atoms with Crippen molar-refractivity contribution >= 4 is 11.9 Å². The average molecular weight is 1660 g/mol. The summed E-state index contributed by atoms with van der Waals surface area (Å²) in [5.74, 6) is 0.627. The van der Waals surface area contributed by atoms with E-state index in [1.165, 1.54) is 0 Å². The molecule has 0 fully saturated rings. The van der Waals surface area contributed by atoms with E-state index in [9.17, 15) is 9.59 Å². The third-order valence-corrected chi connectivity index (χ3v) is 15.1. The third-order valence-electron chi connectivity index (χ3n) is 15.1. The molecule has 0 spiro atoms. The zero-order valence-electron chi connectivity index (χ0n) is 69.0. The van der Waals surface area contributed by atoms with Crippen LogP contribution in [-0.2, 0) is 157 Å². The van der Waals surface area contributed by atoms with Crippen molar-refractivity contribution in [3.8, 4) is 11.5 Å². The van der Waals surface area contributed by atoms with Crippen LogP contribution in [-0.4, -0.2) is 408 Å². The van der Waals surface area contributed by atoms with Crippen molar-refractivity contribution in [1.82, 2.24) is 0 Å². The Bertz CT molecular complexity index is 2190. The first kappa shape index (κ1) is 106. The van der Waals surface area contributed by atoms with Crippen molar-refractivity contribution in [2.24, 2.45) is 0 Å². The zero-order chi connectivity index (χ0) is 82.1. The van der Waals surface area contributed by atoms with Crippen LogP contribution in [0.4, 0.5) is 0 Å². The van der Waals surface area contributed by atoms with Crippen molar-refractivity contribution < 1.29 is 161 Å². The minimum atomic E-state index is -0.467. The molecule has 0 unspecified atom stereocenters. The molecule has 0 aliphatic rings. The summed E-state index contributed by atoms with van der Waals surface area (Å²) in [6.07, 6.45) is 2.22. The van der Waals surface area contributed by atoms with Crippen LogP contribution >= 0.6 is 0 Å². The molecule has 0 saturated carbocycles. The molecule has 2 rings (SSSR count). The minimum Gasteiger partial charge on any atom is -0.491 e. The van der Waals surface area contributed by atoms with Crippen LogP contribution in [0.5, 0.6) is 11.5 Å². The van der Waals surface area contributed by atoms with Crippen LogP contribution in [0.3, 0.4) is 0 Å². The Labute approximate surface area is 682 Å². The molecule has 0 aliphatic heterocycles. The molecule has 0 radical (unpaired) electrons. The second-order valence-corrected chi connectivity index (χ2v) is 24.3. The molecule has 34 heteroatoms. The van der Waals surface area contributed by atoms with Crippen LogP contribution in [0.1, 0.15) is 25.0 Å². The summed E-state index contributed by atoms with van der Waals surface area (Å²) in [6, 6.07) is 16.4. The van der Waals surface area contributed by atoms with Crippen LogP contribution < -0.4 is 9.47 Å². The third kappa shape index (κ3) is 75.3. The number of carbonyl (C=O) groups is 2. The van der Waals surface area contributed by atoms with Gasteiger partial charge < -0.3 is 152 Å². The van der Waals surface area contributed by atoms with Gasteiger partial charge in [-0.15, -0.1) is 0 Å². The standard InChI is InChI=1S/C81H140O34/c1-5-79(82)114-73-69-110-65-61-106-57-53-102-49-45-98-41-37-94-33-29-90-25-21-86-17-15-84-19-23-88-27-31-92-35-39-96-43-47-100-51-55-104-59-63-108-67-71-112-77-11-7-75(8-12-77)81(3,4)76-9-13-78(14-10-76)113-72-68-109-64-60-105-56-52-101-48-44-97-40-36-93-32-28-89-24-20-85-16-18-87-22-26-91-30-34-95-38-42-99-46-50-103-54-58-107-62-66-111-70-74-115-80(83)6-2/h5-14H,1-2,15-74H2,3-4H3. The smallest absolute Gasteiger partial charge is 0.330 e. The maximum Gasteiger partial charge on any atom is 0.330 e. The van der Waals surface area contributed by atoms with E-state index in [0.717, 1.165) is 34.8 Å². The van der Waals surface area contributed by atoms with Gasteiger partial charge in [0.2, 0.25) is 0 Å². The van der Waals surface area contributed by atoms with Gasteiger partial charge in [-0.1, -0.05) is 51.3 Å².